The van der Waals surface area contributed by atoms with Crippen LogP contribution in [0, 0.1) is 0 Å². The summed E-state index contributed by atoms with van der Waals surface area (Å²) in [6.45, 7) is 0. The quantitative estimate of drug-likeness (QED) is 0.507. The Kier molecular flexibility index (Phi) is 5.46. The van der Waals surface area contributed by atoms with E-state index in [9.17, 15) is 8.42 Å². The van der Waals surface area contributed by atoms with Crippen molar-refractivity contribution in [3.63, 3.8) is 0 Å². The third-order valence-electron chi connectivity index (χ3n) is 2.36. The molecule has 18 heavy (non-hydrogen) atoms. The molecule has 0 spiro atoms. The van der Waals surface area contributed by atoms with Crippen molar-refractivity contribution in [1.29, 1.82) is 0 Å². The van der Waals surface area contributed by atoms with Crippen molar-refractivity contribution in [3.05, 3.63) is 48.5 Å². The molecule has 0 amide bonds. The zero-order valence-corrected chi connectivity index (χ0v) is 10.4. The van der Waals surface area contributed by atoms with Crippen molar-refractivity contribution in [1.82, 2.24) is 0 Å². The average molecular weight is 290 g/mol. The second kappa shape index (κ2) is 6.23. The third-order valence-corrected chi connectivity index (χ3v) is 3.66. The summed E-state index contributed by atoms with van der Waals surface area (Å²) in [7, 11) is -4.23. The van der Waals surface area contributed by atoms with Crippen molar-refractivity contribution >= 4 is 52.3 Å². The maximum atomic E-state index is 11.3. The van der Waals surface area contributed by atoms with Crippen LogP contribution < -0.4 is 0 Å². The van der Waals surface area contributed by atoms with Crippen LogP contribution in [0.1, 0.15) is 0 Å². The molecule has 0 saturated heterocycles. The Hall–Kier alpha value is -0.300. The summed E-state index contributed by atoms with van der Waals surface area (Å²) in [6, 6.07) is 13.4. The average Bonchev–Trinajstić information content (AvgIpc) is 2.28. The minimum atomic E-state index is -4.23. The van der Waals surface area contributed by atoms with E-state index in [-0.39, 0.29) is 34.5 Å². The van der Waals surface area contributed by atoms with Crippen molar-refractivity contribution in [3.8, 4) is 11.1 Å². The van der Waals surface area contributed by atoms with Gasteiger partial charge in [-0.15, -0.1) is 12.6 Å². The van der Waals surface area contributed by atoms with E-state index in [0.29, 0.717) is 16.0 Å². The van der Waals surface area contributed by atoms with E-state index in [0.717, 1.165) is 0 Å². The molecule has 2 aromatic rings. The molecule has 6 heteroatoms. The van der Waals surface area contributed by atoms with Gasteiger partial charge in [-0.25, -0.2) is 0 Å². The van der Waals surface area contributed by atoms with E-state index in [1.165, 1.54) is 6.07 Å². The molecule has 0 radical (unpaired) electrons. The Morgan fingerprint density at radius 3 is 1.94 bits per heavy atom. The molecule has 0 aromatic heterocycles. The van der Waals surface area contributed by atoms with Crippen LogP contribution >= 0.6 is 12.6 Å². The number of hydrogen-bond donors (Lipinski definition) is 2. The molecular formula is C12H11NaO3S2. The van der Waals surface area contributed by atoms with E-state index in [1.807, 2.05) is 6.07 Å². The van der Waals surface area contributed by atoms with E-state index in [4.69, 9.17) is 4.55 Å². The summed E-state index contributed by atoms with van der Waals surface area (Å²) in [5, 5.41) is 0. The van der Waals surface area contributed by atoms with Crippen LogP contribution in [0.25, 0.3) is 11.1 Å². The predicted octanol–water partition coefficient (Wildman–Crippen LogP) is 2.24. The van der Waals surface area contributed by atoms with Gasteiger partial charge >= 0.3 is 29.6 Å². The van der Waals surface area contributed by atoms with Crippen LogP contribution in [0.15, 0.2) is 58.3 Å². The number of rotatable bonds is 2. The van der Waals surface area contributed by atoms with Crippen LogP contribution in [-0.2, 0) is 10.1 Å². The van der Waals surface area contributed by atoms with Crippen molar-refractivity contribution in [2.75, 3.05) is 0 Å². The molecule has 0 saturated carbocycles. The van der Waals surface area contributed by atoms with Gasteiger partial charge in [-0.1, -0.05) is 36.4 Å². The van der Waals surface area contributed by atoms with Crippen LogP contribution in [0.3, 0.4) is 0 Å². The van der Waals surface area contributed by atoms with Gasteiger partial charge in [0, 0.05) is 10.5 Å². The zero-order valence-electron chi connectivity index (χ0n) is 8.74. The first-order chi connectivity index (χ1) is 8.00. The Morgan fingerprint density at radius 1 is 0.889 bits per heavy atom. The van der Waals surface area contributed by atoms with E-state index in [2.05, 4.69) is 12.6 Å². The van der Waals surface area contributed by atoms with Gasteiger partial charge in [-0.2, -0.15) is 8.42 Å². The van der Waals surface area contributed by atoms with Crippen molar-refractivity contribution in [2.45, 2.75) is 9.79 Å². The molecule has 0 atom stereocenters. The molecule has 2 aromatic carbocycles. The molecule has 90 valence electrons. The number of hydrogen-bond acceptors (Lipinski definition) is 3. The zero-order chi connectivity index (χ0) is 12.5. The summed E-state index contributed by atoms with van der Waals surface area (Å²) >= 11 is 4.28. The number of benzene rings is 2. The Morgan fingerprint density at radius 2 is 1.39 bits per heavy atom. The molecule has 2 rings (SSSR count). The Labute approximate surface area is 134 Å². The molecule has 1 N–H and O–H groups in total. The fraction of sp³-hybridized carbons (Fsp3) is 0. The van der Waals surface area contributed by atoms with Crippen LogP contribution in [0.2, 0.25) is 0 Å². The van der Waals surface area contributed by atoms with Crippen LogP contribution in [0.5, 0.6) is 0 Å². The first kappa shape index (κ1) is 15.8. The summed E-state index contributed by atoms with van der Waals surface area (Å²) in [5.74, 6) is 0. The summed E-state index contributed by atoms with van der Waals surface area (Å²) in [6.07, 6.45) is 0. The first-order valence-electron chi connectivity index (χ1n) is 4.85. The van der Waals surface area contributed by atoms with E-state index < -0.39 is 10.1 Å². The molecule has 0 aliphatic heterocycles. The van der Waals surface area contributed by atoms with Crippen molar-refractivity contribution in [2.24, 2.45) is 0 Å². The van der Waals surface area contributed by atoms with Crippen LogP contribution in [0.4, 0.5) is 0 Å². The second-order valence-electron chi connectivity index (χ2n) is 3.49. The topological polar surface area (TPSA) is 54.4 Å². The van der Waals surface area contributed by atoms with Gasteiger partial charge in [-0.05, 0) is 17.7 Å². The molecule has 0 bridgehead atoms. The van der Waals surface area contributed by atoms with Gasteiger partial charge in [0.1, 0.15) is 4.90 Å². The fourth-order valence-electron chi connectivity index (χ4n) is 1.62. The Bertz CT molecular complexity index is 654. The van der Waals surface area contributed by atoms with Gasteiger partial charge in [0.2, 0.25) is 0 Å². The van der Waals surface area contributed by atoms with E-state index >= 15 is 0 Å². The molecule has 0 aliphatic rings. The fourth-order valence-corrected chi connectivity index (χ4v) is 2.60. The summed E-state index contributed by atoms with van der Waals surface area (Å²) < 4.78 is 31.7. The predicted molar refractivity (Wildman–Crippen MR) is 76.1 cm³/mol. The summed E-state index contributed by atoms with van der Waals surface area (Å²) in [5.41, 5.74) is 1.12. The van der Waals surface area contributed by atoms with Crippen molar-refractivity contribution < 1.29 is 13.0 Å². The molecule has 0 heterocycles. The summed E-state index contributed by atoms with van der Waals surface area (Å²) in [4.78, 5) is 0.546. The first-order valence-corrected chi connectivity index (χ1v) is 6.74. The molecule has 3 nitrogen and oxygen atoms in total. The standard InChI is InChI=1S/C12H10O3S2.Na.H/c13-17(14,15)12-8-4-2-6-10(12)9-5-1-3-7-11(9)16;;/h1-8,16H,(H,13,14,15);;. The van der Waals surface area contributed by atoms with Gasteiger partial charge in [0.25, 0.3) is 10.1 Å². The van der Waals surface area contributed by atoms with Gasteiger partial charge in [-0.3, -0.25) is 4.55 Å². The molecule has 0 unspecified atom stereocenters. The van der Waals surface area contributed by atoms with E-state index in [1.54, 1.807) is 36.4 Å². The molecule has 0 aliphatic carbocycles. The normalized spacial score (nSPS) is 10.8. The minimum absolute atomic E-state index is 0. The van der Waals surface area contributed by atoms with Gasteiger partial charge in [0.15, 0.2) is 0 Å². The van der Waals surface area contributed by atoms with Gasteiger partial charge < -0.3 is 0 Å². The second-order valence-corrected chi connectivity index (χ2v) is 5.36. The molecular weight excluding hydrogens is 279 g/mol. The van der Waals surface area contributed by atoms with Crippen LogP contribution in [-0.4, -0.2) is 42.5 Å². The molecule has 0 fully saturated rings. The SMILES string of the molecule is O=S(=O)(O)c1ccccc1-c1ccccc1S.[NaH]. The third kappa shape index (κ3) is 3.38. The monoisotopic (exact) mass is 290 g/mol. The van der Waals surface area contributed by atoms with Gasteiger partial charge in [0.05, 0.1) is 0 Å². The number of thiol groups is 1. The Balaban J connectivity index is 0.00000162. The maximum absolute atomic E-state index is 11.3.